The van der Waals surface area contributed by atoms with Crippen molar-refractivity contribution in [3.8, 4) is 0 Å². The molecule has 1 atom stereocenters. The molecule has 0 saturated heterocycles. The summed E-state index contributed by atoms with van der Waals surface area (Å²) in [6, 6.07) is 0. The van der Waals surface area contributed by atoms with E-state index in [1.807, 2.05) is 30.4 Å². The van der Waals surface area contributed by atoms with Crippen molar-refractivity contribution in [3.63, 3.8) is 0 Å². The summed E-state index contributed by atoms with van der Waals surface area (Å²) in [5.41, 5.74) is 0. The third-order valence-electron chi connectivity index (χ3n) is 2.65. The predicted octanol–water partition coefficient (Wildman–Crippen LogP) is 3.85. The van der Waals surface area contributed by atoms with Crippen molar-refractivity contribution in [2.24, 2.45) is 0 Å². The van der Waals surface area contributed by atoms with Crippen molar-refractivity contribution >= 4 is 5.97 Å². The van der Waals surface area contributed by atoms with Crippen molar-refractivity contribution in [1.82, 2.24) is 0 Å². The van der Waals surface area contributed by atoms with Crippen LogP contribution in [0.25, 0.3) is 0 Å². The van der Waals surface area contributed by atoms with Crippen LogP contribution in [0.3, 0.4) is 0 Å². The molecular weight excluding hydrogens is 240 g/mol. The van der Waals surface area contributed by atoms with Gasteiger partial charge in [-0.1, -0.05) is 62.6 Å². The van der Waals surface area contributed by atoms with Gasteiger partial charge < -0.3 is 10.2 Å². The molecule has 108 valence electrons. The molecule has 0 rings (SSSR count). The van der Waals surface area contributed by atoms with Crippen molar-refractivity contribution in [2.75, 3.05) is 0 Å². The largest absolute Gasteiger partial charge is 0.481 e. The first-order valence-corrected chi connectivity index (χ1v) is 7.05. The zero-order valence-electron chi connectivity index (χ0n) is 11.8. The Morgan fingerprint density at radius 3 is 2.63 bits per heavy atom. The molecule has 0 amide bonds. The molecular formula is C16H26O3. The van der Waals surface area contributed by atoms with Gasteiger partial charge in [-0.05, 0) is 19.3 Å². The van der Waals surface area contributed by atoms with E-state index in [9.17, 15) is 9.90 Å². The van der Waals surface area contributed by atoms with Gasteiger partial charge in [-0.15, -0.1) is 0 Å². The van der Waals surface area contributed by atoms with Gasteiger partial charge >= 0.3 is 5.97 Å². The van der Waals surface area contributed by atoms with E-state index >= 15 is 0 Å². The van der Waals surface area contributed by atoms with E-state index in [1.165, 1.54) is 12.8 Å². The average molecular weight is 266 g/mol. The minimum absolute atomic E-state index is 0.185. The summed E-state index contributed by atoms with van der Waals surface area (Å²) >= 11 is 0. The summed E-state index contributed by atoms with van der Waals surface area (Å²) in [7, 11) is 0. The Labute approximate surface area is 116 Å². The molecule has 0 radical (unpaired) electrons. The van der Waals surface area contributed by atoms with E-state index in [2.05, 4.69) is 6.92 Å². The Bertz CT molecular complexity index is 303. The van der Waals surface area contributed by atoms with E-state index in [-0.39, 0.29) is 12.5 Å². The molecule has 0 aromatic rings. The van der Waals surface area contributed by atoms with Crippen LogP contribution in [0.4, 0.5) is 0 Å². The van der Waals surface area contributed by atoms with Crippen LogP contribution in [0.2, 0.25) is 0 Å². The molecule has 3 heteroatoms. The Kier molecular flexibility index (Phi) is 12.2. The lowest BCUT2D eigenvalue weighted by Crippen LogP contribution is -2.00. The highest BCUT2D eigenvalue weighted by atomic mass is 16.4. The number of unbranched alkanes of at least 4 members (excludes halogenated alkanes) is 2. The second kappa shape index (κ2) is 13.1. The fraction of sp³-hybridized carbons (Fsp3) is 0.562. The molecule has 2 N–H and O–H groups in total. The number of carboxylic acids is 1. The van der Waals surface area contributed by atoms with Gasteiger partial charge in [0, 0.05) is 6.42 Å². The van der Waals surface area contributed by atoms with E-state index in [0.29, 0.717) is 6.42 Å². The van der Waals surface area contributed by atoms with Crippen LogP contribution in [0.1, 0.15) is 51.9 Å². The third kappa shape index (κ3) is 14.6. The van der Waals surface area contributed by atoms with E-state index in [4.69, 9.17) is 5.11 Å². The topological polar surface area (TPSA) is 57.5 Å². The highest BCUT2D eigenvalue weighted by Gasteiger charge is 1.96. The Morgan fingerprint density at radius 2 is 1.95 bits per heavy atom. The summed E-state index contributed by atoms with van der Waals surface area (Å²) in [5.74, 6) is -0.764. The standard InChI is InChI=1S/C16H26O3/c1-2-3-9-12-15(17)13-10-7-5-4-6-8-11-14-16(18)19/h5-8,10,13,15,17H,2-4,9,11-12,14H2,1H3,(H,18,19). The SMILES string of the molecule is CCCCCC(O)C=CC=CCC=CCCC(=O)O. The molecule has 3 nitrogen and oxygen atoms in total. The van der Waals surface area contributed by atoms with Crippen molar-refractivity contribution in [1.29, 1.82) is 0 Å². The molecule has 0 aliphatic rings. The second-order valence-electron chi connectivity index (χ2n) is 4.52. The molecule has 0 heterocycles. The van der Waals surface area contributed by atoms with Gasteiger partial charge in [0.2, 0.25) is 0 Å². The Morgan fingerprint density at radius 1 is 1.16 bits per heavy atom. The van der Waals surface area contributed by atoms with Crippen LogP contribution >= 0.6 is 0 Å². The van der Waals surface area contributed by atoms with Crippen LogP contribution < -0.4 is 0 Å². The summed E-state index contributed by atoms with van der Waals surface area (Å²) in [6.07, 6.45) is 16.8. The summed E-state index contributed by atoms with van der Waals surface area (Å²) in [6.45, 7) is 2.15. The van der Waals surface area contributed by atoms with Gasteiger partial charge in [-0.2, -0.15) is 0 Å². The fourth-order valence-corrected chi connectivity index (χ4v) is 1.55. The lowest BCUT2D eigenvalue weighted by Gasteiger charge is -2.02. The number of carboxylic acid groups (broad SMARTS) is 1. The van der Waals surface area contributed by atoms with Crippen molar-refractivity contribution < 1.29 is 15.0 Å². The number of aliphatic carboxylic acids is 1. The lowest BCUT2D eigenvalue weighted by molar-refractivity contribution is -0.136. The zero-order valence-corrected chi connectivity index (χ0v) is 11.8. The van der Waals surface area contributed by atoms with E-state index < -0.39 is 5.97 Å². The molecule has 0 saturated carbocycles. The maximum absolute atomic E-state index is 10.3. The predicted molar refractivity (Wildman–Crippen MR) is 79.1 cm³/mol. The molecule has 0 aliphatic heterocycles. The first-order chi connectivity index (χ1) is 9.16. The monoisotopic (exact) mass is 266 g/mol. The first-order valence-electron chi connectivity index (χ1n) is 7.05. The Balaban J connectivity index is 3.58. The number of aliphatic hydroxyl groups is 1. The molecule has 0 fully saturated rings. The number of aliphatic hydroxyl groups excluding tert-OH is 1. The van der Waals surface area contributed by atoms with Gasteiger partial charge in [0.1, 0.15) is 0 Å². The first kappa shape index (κ1) is 17.6. The number of allylic oxidation sites excluding steroid dienone is 5. The number of hydrogen-bond acceptors (Lipinski definition) is 2. The highest BCUT2D eigenvalue weighted by molar-refractivity contribution is 5.66. The van der Waals surface area contributed by atoms with Crippen LogP contribution in [-0.2, 0) is 4.79 Å². The molecule has 0 aliphatic carbocycles. The molecule has 0 spiro atoms. The average Bonchev–Trinajstić information content (AvgIpc) is 2.36. The van der Waals surface area contributed by atoms with Crippen molar-refractivity contribution in [3.05, 3.63) is 36.5 Å². The number of rotatable bonds is 11. The van der Waals surface area contributed by atoms with E-state index in [0.717, 1.165) is 19.3 Å². The molecule has 0 aromatic carbocycles. The second-order valence-corrected chi connectivity index (χ2v) is 4.52. The van der Waals surface area contributed by atoms with Crippen LogP contribution in [0.5, 0.6) is 0 Å². The normalized spacial score (nSPS) is 13.8. The van der Waals surface area contributed by atoms with Crippen molar-refractivity contribution in [2.45, 2.75) is 58.0 Å². The third-order valence-corrected chi connectivity index (χ3v) is 2.65. The minimum Gasteiger partial charge on any atom is -0.481 e. The molecule has 1 unspecified atom stereocenters. The zero-order chi connectivity index (χ0) is 14.3. The Hall–Kier alpha value is -1.35. The molecule has 0 bridgehead atoms. The van der Waals surface area contributed by atoms with Gasteiger partial charge in [0.15, 0.2) is 0 Å². The maximum Gasteiger partial charge on any atom is 0.303 e. The molecule has 19 heavy (non-hydrogen) atoms. The smallest absolute Gasteiger partial charge is 0.303 e. The minimum atomic E-state index is -0.764. The van der Waals surface area contributed by atoms with E-state index in [1.54, 1.807) is 6.08 Å². The van der Waals surface area contributed by atoms with Crippen LogP contribution in [-0.4, -0.2) is 22.3 Å². The summed E-state index contributed by atoms with van der Waals surface area (Å²) in [4.78, 5) is 10.3. The summed E-state index contributed by atoms with van der Waals surface area (Å²) in [5, 5.41) is 18.0. The lowest BCUT2D eigenvalue weighted by atomic mass is 10.1. The number of hydrogen-bond donors (Lipinski definition) is 2. The highest BCUT2D eigenvalue weighted by Crippen LogP contribution is 2.04. The van der Waals surface area contributed by atoms with Gasteiger partial charge in [0.05, 0.1) is 6.10 Å². The van der Waals surface area contributed by atoms with Gasteiger partial charge in [0.25, 0.3) is 0 Å². The van der Waals surface area contributed by atoms with Gasteiger partial charge in [-0.25, -0.2) is 0 Å². The maximum atomic E-state index is 10.3. The number of carbonyl (C=O) groups is 1. The van der Waals surface area contributed by atoms with Gasteiger partial charge in [-0.3, -0.25) is 4.79 Å². The van der Waals surface area contributed by atoms with Crippen LogP contribution in [0, 0.1) is 0 Å². The van der Waals surface area contributed by atoms with Crippen LogP contribution in [0.15, 0.2) is 36.5 Å². The molecule has 0 aromatic heterocycles. The fourth-order valence-electron chi connectivity index (χ4n) is 1.55. The summed E-state index contributed by atoms with van der Waals surface area (Å²) < 4.78 is 0. The quantitative estimate of drug-likeness (QED) is 0.339.